The minimum atomic E-state index is 0.453. The summed E-state index contributed by atoms with van der Waals surface area (Å²) in [6, 6.07) is 0.756. The van der Waals surface area contributed by atoms with Crippen molar-refractivity contribution < 1.29 is 0 Å². The highest BCUT2D eigenvalue weighted by molar-refractivity contribution is 6.20. The van der Waals surface area contributed by atoms with Gasteiger partial charge in [-0.1, -0.05) is 13.3 Å². The van der Waals surface area contributed by atoms with Crippen molar-refractivity contribution >= 4 is 11.6 Å². The lowest BCUT2D eigenvalue weighted by atomic mass is 9.95. The summed E-state index contributed by atoms with van der Waals surface area (Å²) < 4.78 is 0. The van der Waals surface area contributed by atoms with E-state index in [1.165, 1.54) is 45.1 Å². The molecule has 0 aromatic carbocycles. The fourth-order valence-corrected chi connectivity index (χ4v) is 1.99. The van der Waals surface area contributed by atoms with Crippen molar-refractivity contribution in [2.24, 2.45) is 0 Å². The fourth-order valence-electron chi connectivity index (χ4n) is 1.74. The quantitative estimate of drug-likeness (QED) is 0.530. The van der Waals surface area contributed by atoms with Crippen LogP contribution in [-0.4, -0.2) is 18.0 Å². The van der Waals surface area contributed by atoms with E-state index in [0.717, 1.165) is 6.04 Å². The largest absolute Gasteiger partial charge is 0.314 e. The summed E-state index contributed by atoms with van der Waals surface area (Å²) in [7, 11) is 0. The van der Waals surface area contributed by atoms with Gasteiger partial charge in [0.1, 0.15) is 0 Å². The number of hydrogen-bond donors (Lipinski definition) is 1. The molecular formula is C10H20ClN. The van der Waals surface area contributed by atoms with E-state index in [4.69, 9.17) is 11.6 Å². The summed E-state index contributed by atoms with van der Waals surface area (Å²) in [6.45, 7) is 3.42. The molecule has 0 heterocycles. The maximum absolute atomic E-state index is 6.02. The standard InChI is InChI=1S/C10H20ClN/c1-2-3-8-12-10-6-4-9(11)5-7-10/h9-10,12H,2-8H2,1H3. The topological polar surface area (TPSA) is 12.0 Å². The number of alkyl halides is 1. The molecule has 1 nitrogen and oxygen atoms in total. The second kappa shape index (κ2) is 5.82. The molecule has 0 bridgehead atoms. The van der Waals surface area contributed by atoms with Crippen LogP contribution >= 0.6 is 11.6 Å². The van der Waals surface area contributed by atoms with Crippen LogP contribution in [0, 0.1) is 0 Å². The molecular weight excluding hydrogens is 170 g/mol. The molecule has 12 heavy (non-hydrogen) atoms. The lowest BCUT2D eigenvalue weighted by Gasteiger charge is -2.25. The van der Waals surface area contributed by atoms with Gasteiger partial charge in [-0.2, -0.15) is 0 Å². The zero-order chi connectivity index (χ0) is 8.81. The van der Waals surface area contributed by atoms with Gasteiger partial charge in [0.05, 0.1) is 0 Å². The zero-order valence-electron chi connectivity index (χ0n) is 7.98. The first kappa shape index (κ1) is 10.3. The maximum Gasteiger partial charge on any atom is 0.0337 e. The van der Waals surface area contributed by atoms with Gasteiger partial charge in [0.15, 0.2) is 0 Å². The van der Waals surface area contributed by atoms with Gasteiger partial charge in [0.2, 0.25) is 0 Å². The van der Waals surface area contributed by atoms with Gasteiger partial charge in [0, 0.05) is 11.4 Å². The minimum absolute atomic E-state index is 0.453. The van der Waals surface area contributed by atoms with Crippen LogP contribution in [-0.2, 0) is 0 Å². The van der Waals surface area contributed by atoms with Crippen molar-refractivity contribution in [2.75, 3.05) is 6.54 Å². The van der Waals surface area contributed by atoms with Crippen LogP contribution in [0.25, 0.3) is 0 Å². The number of hydrogen-bond acceptors (Lipinski definition) is 1. The van der Waals surface area contributed by atoms with E-state index < -0.39 is 0 Å². The summed E-state index contributed by atoms with van der Waals surface area (Å²) in [5.41, 5.74) is 0. The zero-order valence-corrected chi connectivity index (χ0v) is 8.74. The van der Waals surface area contributed by atoms with Crippen molar-refractivity contribution in [3.8, 4) is 0 Å². The third kappa shape index (κ3) is 3.77. The Morgan fingerprint density at radius 3 is 2.50 bits per heavy atom. The Labute approximate surface area is 80.9 Å². The average molecular weight is 190 g/mol. The van der Waals surface area contributed by atoms with Gasteiger partial charge in [-0.3, -0.25) is 0 Å². The first-order valence-electron chi connectivity index (χ1n) is 5.20. The van der Waals surface area contributed by atoms with Crippen molar-refractivity contribution in [1.82, 2.24) is 5.32 Å². The Kier molecular flexibility index (Phi) is 5.01. The van der Waals surface area contributed by atoms with E-state index in [9.17, 15) is 0 Å². The Hall–Kier alpha value is 0.250. The van der Waals surface area contributed by atoms with Crippen molar-refractivity contribution in [1.29, 1.82) is 0 Å². The first-order valence-corrected chi connectivity index (χ1v) is 5.64. The molecule has 0 unspecified atom stereocenters. The van der Waals surface area contributed by atoms with Crippen LogP contribution in [0.2, 0.25) is 0 Å². The molecule has 2 heteroatoms. The summed E-state index contributed by atoms with van der Waals surface area (Å²) in [4.78, 5) is 0. The van der Waals surface area contributed by atoms with Gasteiger partial charge < -0.3 is 5.32 Å². The van der Waals surface area contributed by atoms with Crippen LogP contribution in [0.5, 0.6) is 0 Å². The highest BCUT2D eigenvalue weighted by Crippen LogP contribution is 2.22. The van der Waals surface area contributed by atoms with Gasteiger partial charge in [-0.15, -0.1) is 11.6 Å². The number of unbranched alkanes of at least 4 members (excludes halogenated alkanes) is 1. The molecule has 0 atom stereocenters. The van der Waals surface area contributed by atoms with Gasteiger partial charge >= 0.3 is 0 Å². The summed E-state index contributed by atoms with van der Waals surface area (Å²) in [6.07, 6.45) is 7.55. The monoisotopic (exact) mass is 189 g/mol. The normalized spacial score (nSPS) is 30.5. The van der Waals surface area contributed by atoms with Crippen molar-refractivity contribution in [2.45, 2.75) is 56.9 Å². The van der Waals surface area contributed by atoms with E-state index in [1.807, 2.05) is 0 Å². The molecule has 0 radical (unpaired) electrons. The molecule has 72 valence electrons. The Bertz CT molecular complexity index is 108. The van der Waals surface area contributed by atoms with Crippen LogP contribution in [0.4, 0.5) is 0 Å². The highest BCUT2D eigenvalue weighted by atomic mass is 35.5. The van der Waals surface area contributed by atoms with Crippen LogP contribution in [0.3, 0.4) is 0 Å². The molecule has 1 N–H and O–H groups in total. The molecule has 0 aromatic rings. The van der Waals surface area contributed by atoms with E-state index >= 15 is 0 Å². The summed E-state index contributed by atoms with van der Waals surface area (Å²) >= 11 is 6.02. The first-order chi connectivity index (χ1) is 5.83. The Morgan fingerprint density at radius 2 is 1.92 bits per heavy atom. The van der Waals surface area contributed by atoms with Gasteiger partial charge in [-0.05, 0) is 38.6 Å². The van der Waals surface area contributed by atoms with E-state index in [0.29, 0.717) is 5.38 Å². The maximum atomic E-state index is 6.02. The molecule has 0 amide bonds. The van der Waals surface area contributed by atoms with Crippen LogP contribution < -0.4 is 5.32 Å². The van der Waals surface area contributed by atoms with Gasteiger partial charge in [0.25, 0.3) is 0 Å². The molecule has 1 saturated carbocycles. The lowest BCUT2D eigenvalue weighted by Crippen LogP contribution is -2.33. The smallest absolute Gasteiger partial charge is 0.0337 e. The summed E-state index contributed by atoms with van der Waals surface area (Å²) in [5.74, 6) is 0. The number of nitrogens with one attached hydrogen (secondary N) is 1. The Morgan fingerprint density at radius 1 is 1.25 bits per heavy atom. The number of halogens is 1. The predicted octanol–water partition coefficient (Wildman–Crippen LogP) is 2.93. The molecule has 0 aliphatic heterocycles. The molecule has 1 aliphatic carbocycles. The Balaban J connectivity index is 2.01. The third-order valence-electron chi connectivity index (χ3n) is 2.62. The molecule has 1 aliphatic rings. The van der Waals surface area contributed by atoms with Crippen LogP contribution in [0.15, 0.2) is 0 Å². The van der Waals surface area contributed by atoms with E-state index in [-0.39, 0.29) is 0 Å². The molecule has 1 rings (SSSR count). The SMILES string of the molecule is CCCCNC1CCC(Cl)CC1. The lowest BCUT2D eigenvalue weighted by molar-refractivity contribution is 0.375. The highest BCUT2D eigenvalue weighted by Gasteiger charge is 2.18. The van der Waals surface area contributed by atoms with Gasteiger partial charge in [-0.25, -0.2) is 0 Å². The molecule has 0 spiro atoms. The van der Waals surface area contributed by atoms with Crippen LogP contribution in [0.1, 0.15) is 45.4 Å². The summed E-state index contributed by atoms with van der Waals surface area (Å²) in [5, 5.41) is 4.04. The van der Waals surface area contributed by atoms with E-state index in [1.54, 1.807) is 0 Å². The fraction of sp³-hybridized carbons (Fsp3) is 1.00. The average Bonchev–Trinajstić information content (AvgIpc) is 2.09. The number of rotatable bonds is 4. The van der Waals surface area contributed by atoms with E-state index in [2.05, 4.69) is 12.2 Å². The molecule has 1 fully saturated rings. The third-order valence-corrected chi connectivity index (χ3v) is 3.06. The predicted molar refractivity (Wildman–Crippen MR) is 54.8 cm³/mol. The van der Waals surface area contributed by atoms with Crippen molar-refractivity contribution in [3.63, 3.8) is 0 Å². The molecule has 0 saturated heterocycles. The van der Waals surface area contributed by atoms with Crippen molar-refractivity contribution in [3.05, 3.63) is 0 Å². The second-order valence-corrected chi connectivity index (χ2v) is 4.37. The minimum Gasteiger partial charge on any atom is -0.314 e. The molecule has 0 aromatic heterocycles. The second-order valence-electron chi connectivity index (χ2n) is 3.76.